The molecule has 0 aliphatic carbocycles. The molecule has 3 rings (SSSR count). The summed E-state index contributed by atoms with van der Waals surface area (Å²) < 4.78 is 0. The quantitative estimate of drug-likeness (QED) is 0.778. The molecule has 0 amide bonds. The summed E-state index contributed by atoms with van der Waals surface area (Å²) >= 11 is 1.69. The number of nitrogens with zero attached hydrogens (tertiary/aromatic N) is 2. The monoisotopic (exact) mass is 283 g/mol. The molecule has 3 aromatic rings. The summed E-state index contributed by atoms with van der Waals surface area (Å²) in [6.45, 7) is 6.26. The minimum atomic E-state index is 0.312. The zero-order valence-corrected chi connectivity index (χ0v) is 12.7. The molecule has 0 spiro atoms. The van der Waals surface area contributed by atoms with Crippen LogP contribution in [0.25, 0.3) is 10.6 Å². The first-order valence-electron chi connectivity index (χ1n) is 6.70. The number of rotatable bonds is 3. The van der Waals surface area contributed by atoms with Crippen LogP contribution in [0.3, 0.4) is 0 Å². The number of nitrogens with one attached hydrogen (secondary N) is 1. The molecule has 0 radical (unpaired) electrons. The normalized spacial score (nSPS) is 12.6. The Morgan fingerprint density at radius 2 is 1.90 bits per heavy atom. The highest BCUT2D eigenvalue weighted by Gasteiger charge is 2.15. The van der Waals surface area contributed by atoms with Gasteiger partial charge in [0.15, 0.2) is 0 Å². The van der Waals surface area contributed by atoms with Gasteiger partial charge in [-0.25, -0.2) is 4.98 Å². The van der Waals surface area contributed by atoms with Gasteiger partial charge in [-0.3, -0.25) is 5.10 Å². The average Bonchev–Trinajstić information content (AvgIpc) is 3.05. The molecule has 3 nitrogen and oxygen atoms in total. The van der Waals surface area contributed by atoms with Crippen LogP contribution in [0.1, 0.15) is 34.8 Å². The summed E-state index contributed by atoms with van der Waals surface area (Å²) in [5.74, 6) is 0.312. The molecule has 2 heterocycles. The van der Waals surface area contributed by atoms with E-state index in [1.807, 2.05) is 19.9 Å². The maximum atomic E-state index is 4.46. The lowest BCUT2D eigenvalue weighted by Crippen LogP contribution is -1.95. The van der Waals surface area contributed by atoms with Crippen LogP contribution >= 0.6 is 11.3 Å². The maximum absolute atomic E-state index is 4.46. The van der Waals surface area contributed by atoms with Gasteiger partial charge in [-0.15, -0.1) is 11.3 Å². The van der Waals surface area contributed by atoms with Crippen molar-refractivity contribution in [2.75, 3.05) is 0 Å². The molecular weight excluding hydrogens is 266 g/mol. The van der Waals surface area contributed by atoms with Gasteiger partial charge in [0, 0.05) is 11.6 Å². The number of hydrogen-bond donors (Lipinski definition) is 1. The van der Waals surface area contributed by atoms with E-state index in [4.69, 9.17) is 0 Å². The molecule has 102 valence electrons. The molecule has 0 saturated heterocycles. The Morgan fingerprint density at radius 3 is 2.55 bits per heavy atom. The number of aromatic amines is 1. The van der Waals surface area contributed by atoms with Crippen LogP contribution in [0.15, 0.2) is 36.4 Å². The number of aryl methyl sites for hydroxylation is 2. The summed E-state index contributed by atoms with van der Waals surface area (Å²) in [5, 5.41) is 8.70. The van der Waals surface area contributed by atoms with E-state index in [9.17, 15) is 0 Å². The molecule has 2 aromatic heterocycles. The minimum Gasteiger partial charge on any atom is -0.281 e. The van der Waals surface area contributed by atoms with E-state index in [1.54, 1.807) is 11.3 Å². The molecule has 4 heteroatoms. The fraction of sp³-hybridized carbons (Fsp3) is 0.250. The molecule has 0 bridgehead atoms. The van der Waals surface area contributed by atoms with Gasteiger partial charge in [-0.1, -0.05) is 37.3 Å². The largest absolute Gasteiger partial charge is 0.281 e. The first kappa shape index (κ1) is 13.1. The molecule has 0 aliphatic rings. The van der Waals surface area contributed by atoms with Gasteiger partial charge in [0.05, 0.1) is 15.6 Å². The van der Waals surface area contributed by atoms with Gasteiger partial charge in [0.2, 0.25) is 0 Å². The van der Waals surface area contributed by atoms with Crippen LogP contribution in [0.5, 0.6) is 0 Å². The first-order valence-corrected chi connectivity index (χ1v) is 7.51. The van der Waals surface area contributed by atoms with E-state index < -0.39 is 0 Å². The standard InChI is InChI=1S/C16H17N3S/c1-10(13-7-5-4-6-8-13)14-9-15(19-18-14)16-11(2)17-12(3)20-16/h4-10H,1-3H3,(H,18,19)/t10-/m1/s1. The number of benzene rings is 1. The van der Waals surface area contributed by atoms with Crippen molar-refractivity contribution in [1.29, 1.82) is 0 Å². The van der Waals surface area contributed by atoms with Crippen molar-refractivity contribution in [2.24, 2.45) is 0 Å². The molecular formula is C16H17N3S. The van der Waals surface area contributed by atoms with E-state index >= 15 is 0 Å². The van der Waals surface area contributed by atoms with Crippen molar-refractivity contribution in [3.8, 4) is 10.6 Å². The van der Waals surface area contributed by atoms with E-state index in [-0.39, 0.29) is 0 Å². The van der Waals surface area contributed by atoms with Gasteiger partial charge in [0.25, 0.3) is 0 Å². The Kier molecular flexibility index (Phi) is 3.40. The second-order valence-corrected chi connectivity index (χ2v) is 6.19. The maximum Gasteiger partial charge on any atom is 0.104 e. The van der Waals surface area contributed by atoms with Gasteiger partial charge in [0.1, 0.15) is 5.69 Å². The van der Waals surface area contributed by atoms with Crippen LogP contribution < -0.4 is 0 Å². The third-order valence-corrected chi connectivity index (χ3v) is 4.60. The molecule has 1 N–H and O–H groups in total. The van der Waals surface area contributed by atoms with E-state index in [0.717, 1.165) is 27.0 Å². The molecule has 20 heavy (non-hydrogen) atoms. The Bertz CT molecular complexity index is 712. The van der Waals surface area contributed by atoms with Gasteiger partial charge < -0.3 is 0 Å². The zero-order chi connectivity index (χ0) is 14.1. The predicted molar refractivity (Wildman–Crippen MR) is 83.1 cm³/mol. The molecule has 0 fully saturated rings. The van der Waals surface area contributed by atoms with Crippen LogP contribution in [0, 0.1) is 13.8 Å². The van der Waals surface area contributed by atoms with Crippen molar-refractivity contribution in [3.63, 3.8) is 0 Å². The fourth-order valence-electron chi connectivity index (χ4n) is 2.36. The number of H-pyrrole nitrogens is 1. The lowest BCUT2D eigenvalue weighted by molar-refractivity contribution is 0.854. The molecule has 0 aliphatic heterocycles. The molecule has 0 saturated carbocycles. The smallest absolute Gasteiger partial charge is 0.104 e. The predicted octanol–water partition coefficient (Wildman–Crippen LogP) is 4.30. The molecule has 1 aromatic carbocycles. The highest BCUT2D eigenvalue weighted by molar-refractivity contribution is 7.15. The van der Waals surface area contributed by atoms with Gasteiger partial charge in [-0.05, 0) is 25.5 Å². The van der Waals surface area contributed by atoms with E-state index in [2.05, 4.69) is 52.4 Å². The molecule has 0 unspecified atom stereocenters. The van der Waals surface area contributed by atoms with Crippen LogP contribution in [0.4, 0.5) is 0 Å². The van der Waals surface area contributed by atoms with Crippen molar-refractivity contribution >= 4 is 11.3 Å². The third-order valence-electron chi connectivity index (χ3n) is 3.50. The summed E-state index contributed by atoms with van der Waals surface area (Å²) in [6, 6.07) is 12.6. The van der Waals surface area contributed by atoms with Crippen LogP contribution in [-0.4, -0.2) is 15.2 Å². The Morgan fingerprint density at radius 1 is 1.15 bits per heavy atom. The van der Waals surface area contributed by atoms with Crippen molar-refractivity contribution < 1.29 is 0 Å². The van der Waals surface area contributed by atoms with Gasteiger partial charge >= 0.3 is 0 Å². The highest BCUT2D eigenvalue weighted by atomic mass is 32.1. The first-order chi connectivity index (χ1) is 9.65. The Hall–Kier alpha value is -1.94. The summed E-state index contributed by atoms with van der Waals surface area (Å²) in [5.41, 5.74) is 4.47. The Balaban J connectivity index is 1.93. The van der Waals surface area contributed by atoms with Crippen LogP contribution in [-0.2, 0) is 0 Å². The molecule has 1 atom stereocenters. The summed E-state index contributed by atoms with van der Waals surface area (Å²) in [4.78, 5) is 5.62. The average molecular weight is 283 g/mol. The van der Waals surface area contributed by atoms with Gasteiger partial charge in [-0.2, -0.15) is 5.10 Å². The highest BCUT2D eigenvalue weighted by Crippen LogP contribution is 2.31. The second-order valence-electron chi connectivity index (χ2n) is 4.99. The van der Waals surface area contributed by atoms with Crippen LogP contribution in [0.2, 0.25) is 0 Å². The second kappa shape index (κ2) is 5.21. The lowest BCUT2D eigenvalue weighted by Gasteiger charge is -2.08. The summed E-state index contributed by atoms with van der Waals surface area (Å²) in [7, 11) is 0. The third kappa shape index (κ3) is 2.39. The lowest BCUT2D eigenvalue weighted by atomic mass is 9.98. The number of aromatic nitrogens is 3. The SMILES string of the molecule is Cc1nc(C)c(-c2cc([C@H](C)c3ccccc3)[nH]n2)s1. The fourth-order valence-corrected chi connectivity index (χ4v) is 3.25. The number of thiazole rings is 1. The van der Waals surface area contributed by atoms with Crippen molar-refractivity contribution in [2.45, 2.75) is 26.7 Å². The topological polar surface area (TPSA) is 41.6 Å². The van der Waals surface area contributed by atoms with E-state index in [0.29, 0.717) is 5.92 Å². The zero-order valence-electron chi connectivity index (χ0n) is 11.8. The minimum absolute atomic E-state index is 0.312. The van der Waals surface area contributed by atoms with E-state index in [1.165, 1.54) is 5.56 Å². The van der Waals surface area contributed by atoms with Crippen molar-refractivity contribution in [1.82, 2.24) is 15.2 Å². The number of hydrogen-bond acceptors (Lipinski definition) is 3. The summed E-state index contributed by atoms with van der Waals surface area (Å²) in [6.07, 6.45) is 0. The Labute approximate surface area is 122 Å². The van der Waals surface area contributed by atoms with Crippen molar-refractivity contribution in [3.05, 3.63) is 58.4 Å².